The molecule has 102 valence electrons. The molecule has 0 aromatic heterocycles. The van der Waals surface area contributed by atoms with Crippen molar-refractivity contribution >= 4 is 27.7 Å². The lowest BCUT2D eigenvalue weighted by molar-refractivity contribution is 0.324. The normalized spacial score (nSPS) is 13.0. The van der Waals surface area contributed by atoms with Crippen molar-refractivity contribution in [3.63, 3.8) is 0 Å². The first-order valence-electron chi connectivity index (χ1n) is 6.48. The number of nitrogens with zero attached hydrogens (tertiary/aromatic N) is 1. The predicted octanol–water partition coefficient (Wildman–Crippen LogP) is 3.90. The van der Waals surface area contributed by atoms with Crippen molar-refractivity contribution in [1.82, 2.24) is 4.90 Å². The summed E-state index contributed by atoms with van der Waals surface area (Å²) in [6.07, 6.45) is 0. The lowest BCUT2D eigenvalue weighted by Crippen LogP contribution is -2.25. The lowest BCUT2D eigenvalue weighted by atomic mass is 10.1. The predicted molar refractivity (Wildman–Crippen MR) is 85.3 cm³/mol. The van der Waals surface area contributed by atoms with Crippen LogP contribution in [0.2, 0.25) is 0 Å². The Hall–Kier alpha value is -0.0300. The fourth-order valence-corrected chi connectivity index (χ4v) is 3.64. The maximum atomic E-state index is 5.90. The Labute approximate surface area is 123 Å². The number of thioether (sulfide) groups is 1. The first kappa shape index (κ1) is 16.0. The number of hydrogen-bond acceptors (Lipinski definition) is 3. The average molecular weight is 331 g/mol. The Morgan fingerprint density at radius 1 is 1.33 bits per heavy atom. The summed E-state index contributed by atoms with van der Waals surface area (Å²) in [5.74, 6) is 1.13. The van der Waals surface area contributed by atoms with Crippen LogP contribution < -0.4 is 5.73 Å². The average Bonchev–Trinajstić information content (AvgIpc) is 2.34. The molecule has 0 amide bonds. The van der Waals surface area contributed by atoms with Crippen LogP contribution in [0, 0.1) is 0 Å². The monoisotopic (exact) mass is 330 g/mol. The number of nitrogens with two attached hydrogens (primary N) is 1. The summed E-state index contributed by atoms with van der Waals surface area (Å²) < 4.78 is 1.12. The molecule has 4 heteroatoms. The molecule has 0 saturated heterocycles. The molecule has 0 aliphatic rings. The molecule has 2 nitrogen and oxygen atoms in total. The fraction of sp³-hybridized carbons (Fsp3) is 0.571. The summed E-state index contributed by atoms with van der Waals surface area (Å²) in [6.45, 7) is 9.83. The second-order valence-electron chi connectivity index (χ2n) is 4.35. The molecular weight excluding hydrogens is 308 g/mol. The quantitative estimate of drug-likeness (QED) is 0.768. The van der Waals surface area contributed by atoms with Gasteiger partial charge in [0.05, 0.1) is 0 Å². The van der Waals surface area contributed by atoms with Crippen molar-refractivity contribution in [3.05, 3.63) is 28.2 Å². The molecule has 2 N–H and O–H groups in total. The molecular formula is C14H23BrN2S. The summed E-state index contributed by atoms with van der Waals surface area (Å²) in [4.78, 5) is 3.75. The molecule has 0 unspecified atom stereocenters. The highest BCUT2D eigenvalue weighted by Crippen LogP contribution is 2.28. The molecule has 0 saturated carbocycles. The van der Waals surface area contributed by atoms with Gasteiger partial charge in [0.1, 0.15) is 0 Å². The zero-order valence-corrected chi connectivity index (χ0v) is 13.9. The maximum absolute atomic E-state index is 5.90. The Kier molecular flexibility index (Phi) is 7.30. The van der Waals surface area contributed by atoms with Crippen LogP contribution in [-0.4, -0.2) is 30.3 Å². The van der Waals surface area contributed by atoms with E-state index in [1.807, 2.05) is 18.7 Å². The van der Waals surface area contributed by atoms with E-state index in [4.69, 9.17) is 5.73 Å². The van der Waals surface area contributed by atoms with Gasteiger partial charge in [-0.15, -0.1) is 11.8 Å². The van der Waals surface area contributed by atoms with Gasteiger partial charge in [0, 0.05) is 27.7 Å². The highest BCUT2D eigenvalue weighted by atomic mass is 79.9. The molecule has 0 fully saturated rings. The molecule has 0 radical (unpaired) electrons. The van der Waals surface area contributed by atoms with E-state index in [0.717, 1.165) is 29.9 Å². The number of halogens is 1. The minimum Gasteiger partial charge on any atom is -0.324 e. The molecule has 18 heavy (non-hydrogen) atoms. The SMILES string of the molecule is CCN(CC)CCSc1ccc([C@H](C)N)c(Br)c1. The zero-order chi connectivity index (χ0) is 13.5. The minimum atomic E-state index is 0.0779. The van der Waals surface area contributed by atoms with Crippen molar-refractivity contribution in [1.29, 1.82) is 0 Å². The van der Waals surface area contributed by atoms with Crippen LogP contribution >= 0.6 is 27.7 Å². The van der Waals surface area contributed by atoms with Gasteiger partial charge in [0.25, 0.3) is 0 Å². The second-order valence-corrected chi connectivity index (χ2v) is 6.37. The third-order valence-corrected chi connectivity index (χ3v) is 4.69. The van der Waals surface area contributed by atoms with Gasteiger partial charge in [-0.3, -0.25) is 0 Å². The van der Waals surface area contributed by atoms with Crippen molar-refractivity contribution in [2.45, 2.75) is 31.7 Å². The van der Waals surface area contributed by atoms with Crippen molar-refractivity contribution in [2.24, 2.45) is 5.73 Å². The van der Waals surface area contributed by atoms with E-state index >= 15 is 0 Å². The molecule has 1 atom stereocenters. The third kappa shape index (κ3) is 4.92. The van der Waals surface area contributed by atoms with Gasteiger partial charge in [0.2, 0.25) is 0 Å². The molecule has 0 bridgehead atoms. The minimum absolute atomic E-state index is 0.0779. The fourth-order valence-electron chi connectivity index (χ4n) is 1.80. The van der Waals surface area contributed by atoms with Crippen molar-refractivity contribution in [2.75, 3.05) is 25.4 Å². The molecule has 1 aromatic rings. The molecule has 1 rings (SSSR count). The zero-order valence-electron chi connectivity index (χ0n) is 11.4. The Bertz CT molecular complexity index is 365. The van der Waals surface area contributed by atoms with E-state index in [1.165, 1.54) is 10.5 Å². The van der Waals surface area contributed by atoms with Crippen LogP contribution in [-0.2, 0) is 0 Å². The van der Waals surface area contributed by atoms with Crippen molar-refractivity contribution in [3.8, 4) is 0 Å². The van der Waals surface area contributed by atoms with Crippen LogP contribution in [0.1, 0.15) is 32.4 Å². The van der Waals surface area contributed by atoms with E-state index in [1.54, 1.807) is 0 Å². The van der Waals surface area contributed by atoms with E-state index in [0.29, 0.717) is 0 Å². The van der Waals surface area contributed by atoms with Gasteiger partial charge in [-0.1, -0.05) is 35.8 Å². The largest absolute Gasteiger partial charge is 0.324 e. The van der Waals surface area contributed by atoms with Gasteiger partial charge in [-0.05, 0) is 37.7 Å². The second kappa shape index (κ2) is 8.20. The van der Waals surface area contributed by atoms with Crippen LogP contribution in [0.5, 0.6) is 0 Å². The summed E-state index contributed by atoms with van der Waals surface area (Å²) in [5.41, 5.74) is 7.07. The van der Waals surface area contributed by atoms with Crippen LogP contribution in [0.3, 0.4) is 0 Å². The molecule has 0 spiro atoms. The number of hydrogen-bond donors (Lipinski definition) is 1. The molecule has 0 aliphatic carbocycles. The van der Waals surface area contributed by atoms with Gasteiger partial charge < -0.3 is 10.6 Å². The topological polar surface area (TPSA) is 29.3 Å². The Balaban J connectivity index is 2.51. The number of rotatable bonds is 7. The van der Waals surface area contributed by atoms with Crippen LogP contribution in [0.15, 0.2) is 27.6 Å². The highest BCUT2D eigenvalue weighted by molar-refractivity contribution is 9.10. The molecule has 0 aliphatic heterocycles. The smallest absolute Gasteiger partial charge is 0.0277 e. The van der Waals surface area contributed by atoms with Gasteiger partial charge >= 0.3 is 0 Å². The van der Waals surface area contributed by atoms with Crippen LogP contribution in [0.25, 0.3) is 0 Å². The molecule has 1 aromatic carbocycles. The Morgan fingerprint density at radius 2 is 2.00 bits per heavy atom. The first-order chi connectivity index (χ1) is 8.58. The third-order valence-electron chi connectivity index (χ3n) is 3.03. The highest BCUT2D eigenvalue weighted by Gasteiger charge is 2.06. The summed E-state index contributed by atoms with van der Waals surface area (Å²) in [6, 6.07) is 6.53. The standard InChI is InChI=1S/C14H23BrN2S/c1-4-17(5-2)8-9-18-12-6-7-13(11(3)16)14(15)10-12/h6-7,10-11H,4-5,8-9,16H2,1-3H3/t11-/m0/s1. The Morgan fingerprint density at radius 3 is 2.50 bits per heavy atom. The van der Waals surface area contributed by atoms with Crippen molar-refractivity contribution < 1.29 is 0 Å². The van der Waals surface area contributed by atoms with Gasteiger partial charge in [-0.2, -0.15) is 0 Å². The lowest BCUT2D eigenvalue weighted by Gasteiger charge is -2.17. The molecule has 0 heterocycles. The van der Waals surface area contributed by atoms with Crippen LogP contribution in [0.4, 0.5) is 0 Å². The van der Waals surface area contributed by atoms with Gasteiger partial charge in [-0.25, -0.2) is 0 Å². The summed E-state index contributed by atoms with van der Waals surface area (Å²) in [5, 5.41) is 0. The number of benzene rings is 1. The van der Waals surface area contributed by atoms with Gasteiger partial charge in [0.15, 0.2) is 0 Å². The first-order valence-corrected chi connectivity index (χ1v) is 8.26. The van der Waals surface area contributed by atoms with E-state index < -0.39 is 0 Å². The maximum Gasteiger partial charge on any atom is 0.0277 e. The summed E-state index contributed by atoms with van der Waals surface area (Å²) >= 11 is 5.49. The summed E-state index contributed by atoms with van der Waals surface area (Å²) in [7, 11) is 0. The van der Waals surface area contributed by atoms with E-state index in [2.05, 4.69) is 52.9 Å². The van der Waals surface area contributed by atoms with E-state index in [-0.39, 0.29) is 6.04 Å². The van der Waals surface area contributed by atoms with E-state index in [9.17, 15) is 0 Å².